The quantitative estimate of drug-likeness (QED) is 0.704. The minimum absolute atomic E-state index is 0.357. The summed E-state index contributed by atoms with van der Waals surface area (Å²) in [5.74, 6) is 0.962. The molecule has 0 bridgehead atoms. The molecule has 2 aromatic heterocycles. The molecule has 1 aromatic carbocycles. The highest BCUT2D eigenvalue weighted by Crippen LogP contribution is 2.34. The lowest BCUT2D eigenvalue weighted by Crippen LogP contribution is -2.05. The highest BCUT2D eigenvalue weighted by atomic mass is 19.4. The predicted molar refractivity (Wildman–Crippen MR) is 86.9 cm³/mol. The van der Waals surface area contributed by atoms with E-state index in [-0.39, 0.29) is 0 Å². The monoisotopic (exact) mass is 334 g/mol. The summed E-state index contributed by atoms with van der Waals surface area (Å²) in [6.07, 6.45) is -1.11. The van der Waals surface area contributed by atoms with Crippen molar-refractivity contribution in [2.24, 2.45) is 5.92 Å². The summed E-state index contributed by atoms with van der Waals surface area (Å²) < 4.78 is 44.3. The second-order valence-corrected chi connectivity index (χ2v) is 6.06. The normalized spacial score (nSPS) is 12.1. The first-order valence-electron chi connectivity index (χ1n) is 7.62. The Balaban J connectivity index is 2.01. The molecular formula is C18H17F3N2O. The van der Waals surface area contributed by atoms with Crippen LogP contribution < -0.4 is 4.74 Å². The minimum Gasteiger partial charge on any atom is -0.491 e. The van der Waals surface area contributed by atoms with Crippen LogP contribution in [0.3, 0.4) is 0 Å². The molecule has 3 nitrogen and oxygen atoms in total. The van der Waals surface area contributed by atoms with E-state index in [1.807, 2.05) is 19.9 Å². The molecule has 2 heterocycles. The first-order chi connectivity index (χ1) is 11.3. The van der Waals surface area contributed by atoms with Gasteiger partial charge in [-0.3, -0.25) is 4.98 Å². The van der Waals surface area contributed by atoms with E-state index in [1.54, 1.807) is 18.5 Å². The number of aromatic amines is 1. The number of nitrogens with zero attached hydrogens (tertiary/aromatic N) is 1. The number of rotatable bonds is 4. The number of hydrogen-bond acceptors (Lipinski definition) is 2. The van der Waals surface area contributed by atoms with Crippen LogP contribution in [0.15, 0.2) is 42.7 Å². The van der Waals surface area contributed by atoms with Gasteiger partial charge in [0.2, 0.25) is 0 Å². The van der Waals surface area contributed by atoms with E-state index in [4.69, 9.17) is 4.74 Å². The Hall–Kier alpha value is -2.50. The fraction of sp³-hybridized carbons (Fsp3) is 0.278. The minimum atomic E-state index is -4.36. The van der Waals surface area contributed by atoms with Gasteiger partial charge in [-0.1, -0.05) is 19.9 Å². The standard InChI is InChI=1S/C18H17F3N2O/c1-11(2)10-24-17-9-22-6-5-14(17)16-7-12-3-4-13(18(19,20)21)8-15(12)23-16/h3-9,11,23H,10H2,1-2H3. The molecule has 24 heavy (non-hydrogen) atoms. The number of alkyl halides is 3. The molecule has 0 saturated carbocycles. The molecule has 0 aliphatic carbocycles. The average molecular weight is 334 g/mol. The zero-order valence-corrected chi connectivity index (χ0v) is 13.3. The maximum Gasteiger partial charge on any atom is 0.416 e. The van der Waals surface area contributed by atoms with Crippen LogP contribution >= 0.6 is 0 Å². The second kappa shape index (κ2) is 6.19. The van der Waals surface area contributed by atoms with Gasteiger partial charge in [0.1, 0.15) is 5.75 Å². The lowest BCUT2D eigenvalue weighted by molar-refractivity contribution is -0.137. The number of nitrogens with one attached hydrogen (secondary N) is 1. The number of benzene rings is 1. The Morgan fingerprint density at radius 3 is 2.67 bits per heavy atom. The van der Waals surface area contributed by atoms with Crippen LogP contribution in [0.25, 0.3) is 22.2 Å². The van der Waals surface area contributed by atoms with E-state index in [0.29, 0.717) is 34.9 Å². The number of ether oxygens (including phenoxy) is 1. The zero-order valence-electron chi connectivity index (χ0n) is 13.3. The van der Waals surface area contributed by atoms with Gasteiger partial charge in [0, 0.05) is 22.7 Å². The summed E-state index contributed by atoms with van der Waals surface area (Å²) in [7, 11) is 0. The fourth-order valence-corrected chi connectivity index (χ4v) is 2.42. The molecule has 0 aliphatic heterocycles. The van der Waals surface area contributed by atoms with Crippen molar-refractivity contribution in [1.82, 2.24) is 9.97 Å². The van der Waals surface area contributed by atoms with Crippen LogP contribution in [0, 0.1) is 5.92 Å². The van der Waals surface area contributed by atoms with Gasteiger partial charge in [-0.05, 0) is 30.2 Å². The Kier molecular flexibility index (Phi) is 4.22. The van der Waals surface area contributed by atoms with Crippen LogP contribution in [0.4, 0.5) is 13.2 Å². The third-order valence-electron chi connectivity index (χ3n) is 3.60. The highest BCUT2D eigenvalue weighted by Gasteiger charge is 2.30. The zero-order chi connectivity index (χ0) is 17.3. The molecule has 0 fully saturated rings. The molecule has 0 atom stereocenters. The van der Waals surface area contributed by atoms with Crippen molar-refractivity contribution >= 4 is 10.9 Å². The summed E-state index contributed by atoms with van der Waals surface area (Å²) in [5, 5.41) is 0.713. The van der Waals surface area contributed by atoms with Crippen molar-refractivity contribution in [3.05, 3.63) is 48.3 Å². The Bertz CT molecular complexity index is 853. The van der Waals surface area contributed by atoms with Gasteiger partial charge in [-0.2, -0.15) is 13.2 Å². The summed E-state index contributed by atoms with van der Waals surface area (Å²) in [6, 6.07) is 7.27. The van der Waals surface area contributed by atoms with Gasteiger partial charge in [0.25, 0.3) is 0 Å². The van der Waals surface area contributed by atoms with Crippen molar-refractivity contribution in [2.75, 3.05) is 6.61 Å². The van der Waals surface area contributed by atoms with Gasteiger partial charge < -0.3 is 9.72 Å². The maximum atomic E-state index is 12.8. The molecule has 0 radical (unpaired) electrons. The van der Waals surface area contributed by atoms with Crippen molar-refractivity contribution in [3.63, 3.8) is 0 Å². The molecular weight excluding hydrogens is 317 g/mol. The lowest BCUT2D eigenvalue weighted by atomic mass is 10.1. The van der Waals surface area contributed by atoms with E-state index < -0.39 is 11.7 Å². The highest BCUT2D eigenvalue weighted by molar-refractivity contribution is 5.87. The van der Waals surface area contributed by atoms with Crippen molar-refractivity contribution in [1.29, 1.82) is 0 Å². The van der Waals surface area contributed by atoms with Crippen LogP contribution in [0.1, 0.15) is 19.4 Å². The van der Waals surface area contributed by atoms with Crippen LogP contribution in [-0.2, 0) is 6.18 Å². The third kappa shape index (κ3) is 3.37. The molecule has 1 N–H and O–H groups in total. The Labute approximate surface area is 137 Å². The molecule has 0 spiro atoms. The van der Waals surface area contributed by atoms with Gasteiger partial charge >= 0.3 is 6.18 Å². The largest absolute Gasteiger partial charge is 0.491 e. The van der Waals surface area contributed by atoms with E-state index >= 15 is 0 Å². The second-order valence-electron chi connectivity index (χ2n) is 6.06. The lowest BCUT2D eigenvalue weighted by Gasteiger charge is -2.11. The summed E-state index contributed by atoms with van der Waals surface area (Å²) >= 11 is 0. The topological polar surface area (TPSA) is 37.9 Å². The van der Waals surface area contributed by atoms with Gasteiger partial charge in [-0.25, -0.2) is 0 Å². The van der Waals surface area contributed by atoms with Gasteiger partial charge in [-0.15, -0.1) is 0 Å². The van der Waals surface area contributed by atoms with E-state index in [2.05, 4.69) is 9.97 Å². The van der Waals surface area contributed by atoms with Crippen LogP contribution in [0.5, 0.6) is 5.75 Å². The molecule has 3 rings (SSSR count). The molecule has 126 valence electrons. The SMILES string of the molecule is CC(C)COc1cnccc1-c1cc2ccc(C(F)(F)F)cc2[nH]1. The fourth-order valence-electron chi connectivity index (χ4n) is 2.42. The van der Waals surface area contributed by atoms with E-state index in [0.717, 1.165) is 17.7 Å². The molecule has 0 aliphatic rings. The van der Waals surface area contributed by atoms with Crippen LogP contribution in [0.2, 0.25) is 0 Å². The van der Waals surface area contributed by atoms with E-state index in [9.17, 15) is 13.2 Å². The van der Waals surface area contributed by atoms with Crippen molar-refractivity contribution in [3.8, 4) is 17.0 Å². The maximum absolute atomic E-state index is 12.8. The van der Waals surface area contributed by atoms with Crippen LogP contribution in [-0.4, -0.2) is 16.6 Å². The molecule has 3 aromatic rings. The summed E-state index contributed by atoms with van der Waals surface area (Å²) in [6.45, 7) is 4.62. The number of H-pyrrole nitrogens is 1. The summed E-state index contributed by atoms with van der Waals surface area (Å²) in [4.78, 5) is 7.11. The molecule has 0 saturated heterocycles. The first-order valence-corrected chi connectivity index (χ1v) is 7.62. The smallest absolute Gasteiger partial charge is 0.416 e. The molecule has 6 heteroatoms. The molecule has 0 amide bonds. The van der Waals surface area contributed by atoms with Crippen molar-refractivity contribution < 1.29 is 17.9 Å². The average Bonchev–Trinajstić information content (AvgIpc) is 2.95. The van der Waals surface area contributed by atoms with Gasteiger partial charge in [0.05, 0.1) is 24.1 Å². The van der Waals surface area contributed by atoms with E-state index in [1.165, 1.54) is 6.07 Å². The summed E-state index contributed by atoms with van der Waals surface area (Å²) in [5.41, 5.74) is 1.24. The predicted octanol–water partition coefficient (Wildman–Crippen LogP) is 5.28. The van der Waals surface area contributed by atoms with Gasteiger partial charge in [0.15, 0.2) is 0 Å². The Morgan fingerprint density at radius 1 is 1.17 bits per heavy atom. The third-order valence-corrected chi connectivity index (χ3v) is 3.60. The number of aromatic nitrogens is 2. The number of hydrogen-bond donors (Lipinski definition) is 1. The number of fused-ring (bicyclic) bond motifs is 1. The first kappa shape index (κ1) is 16.4. The number of halogens is 3. The Morgan fingerprint density at radius 2 is 1.96 bits per heavy atom. The molecule has 0 unspecified atom stereocenters. The van der Waals surface area contributed by atoms with Crippen molar-refractivity contribution in [2.45, 2.75) is 20.0 Å². The number of pyridine rings is 1.